The molecule has 2 fully saturated rings. The predicted molar refractivity (Wildman–Crippen MR) is 98.4 cm³/mol. The van der Waals surface area contributed by atoms with Gasteiger partial charge in [0, 0.05) is 19.1 Å². The molecular formula is C19H32N4O3. The molecule has 2 N–H and O–H groups in total. The minimum Gasteiger partial charge on any atom is -0.444 e. The van der Waals surface area contributed by atoms with E-state index in [4.69, 9.17) is 4.74 Å². The van der Waals surface area contributed by atoms with Gasteiger partial charge in [-0.3, -0.25) is 9.69 Å². The van der Waals surface area contributed by atoms with Gasteiger partial charge >= 0.3 is 6.09 Å². The van der Waals surface area contributed by atoms with E-state index in [2.05, 4.69) is 21.6 Å². The van der Waals surface area contributed by atoms with E-state index in [1.54, 1.807) is 0 Å². The molecule has 2 aliphatic rings. The van der Waals surface area contributed by atoms with Gasteiger partial charge in [-0.1, -0.05) is 19.3 Å². The van der Waals surface area contributed by atoms with Gasteiger partial charge in [0.25, 0.3) is 0 Å². The van der Waals surface area contributed by atoms with E-state index >= 15 is 0 Å². The Kier molecular flexibility index (Phi) is 6.87. The maximum Gasteiger partial charge on any atom is 0.407 e. The molecule has 0 aromatic carbocycles. The van der Waals surface area contributed by atoms with Gasteiger partial charge in [-0.2, -0.15) is 5.26 Å². The van der Waals surface area contributed by atoms with E-state index in [1.807, 2.05) is 20.8 Å². The third-order valence-electron chi connectivity index (χ3n) is 4.98. The number of nitrogens with zero attached hydrogens (tertiary/aromatic N) is 2. The van der Waals surface area contributed by atoms with E-state index in [-0.39, 0.29) is 18.0 Å². The monoisotopic (exact) mass is 364 g/mol. The van der Waals surface area contributed by atoms with Crippen molar-refractivity contribution in [3.8, 4) is 6.07 Å². The maximum atomic E-state index is 12.4. The molecule has 7 heteroatoms. The fourth-order valence-corrected chi connectivity index (χ4v) is 3.64. The van der Waals surface area contributed by atoms with Gasteiger partial charge in [0.2, 0.25) is 5.91 Å². The molecule has 1 saturated heterocycles. The summed E-state index contributed by atoms with van der Waals surface area (Å²) >= 11 is 0. The largest absolute Gasteiger partial charge is 0.444 e. The van der Waals surface area contributed by atoms with Crippen LogP contribution < -0.4 is 10.6 Å². The Bertz CT molecular complexity index is 536. The zero-order valence-corrected chi connectivity index (χ0v) is 16.3. The van der Waals surface area contributed by atoms with Crippen molar-refractivity contribution in [1.82, 2.24) is 15.5 Å². The number of carbonyl (C=O) groups is 2. The van der Waals surface area contributed by atoms with Crippen LogP contribution in [0.4, 0.5) is 4.79 Å². The van der Waals surface area contributed by atoms with Gasteiger partial charge in [-0.15, -0.1) is 0 Å². The summed E-state index contributed by atoms with van der Waals surface area (Å²) in [6, 6.07) is 2.40. The highest BCUT2D eigenvalue weighted by molar-refractivity contribution is 5.79. The maximum absolute atomic E-state index is 12.4. The molecular weight excluding hydrogens is 332 g/mol. The van der Waals surface area contributed by atoms with Crippen LogP contribution in [-0.4, -0.2) is 53.7 Å². The zero-order chi connectivity index (χ0) is 19.2. The SMILES string of the molecule is CC(C)(C)OC(=O)NC1CCN(CC(=O)NC2(C#N)CCCCC2)CC1. The van der Waals surface area contributed by atoms with Crippen LogP contribution in [0, 0.1) is 11.3 Å². The second-order valence-electron chi connectivity index (χ2n) is 8.50. The molecule has 2 amide bonds. The minimum atomic E-state index is -0.675. The number of hydrogen-bond acceptors (Lipinski definition) is 5. The van der Waals surface area contributed by atoms with Crippen molar-refractivity contribution >= 4 is 12.0 Å². The summed E-state index contributed by atoms with van der Waals surface area (Å²) in [7, 11) is 0. The van der Waals surface area contributed by atoms with Crippen molar-refractivity contribution in [2.75, 3.05) is 19.6 Å². The van der Waals surface area contributed by atoms with Crippen LogP contribution in [-0.2, 0) is 9.53 Å². The lowest BCUT2D eigenvalue weighted by atomic mass is 9.83. The van der Waals surface area contributed by atoms with Gasteiger partial charge in [-0.25, -0.2) is 4.79 Å². The molecule has 0 unspecified atom stereocenters. The third kappa shape index (κ3) is 6.49. The van der Waals surface area contributed by atoms with E-state index in [9.17, 15) is 14.9 Å². The van der Waals surface area contributed by atoms with Gasteiger partial charge in [-0.05, 0) is 46.5 Å². The Morgan fingerprint density at radius 1 is 1.19 bits per heavy atom. The van der Waals surface area contributed by atoms with E-state index in [1.165, 1.54) is 0 Å². The molecule has 2 rings (SSSR count). The first-order chi connectivity index (χ1) is 12.2. The highest BCUT2D eigenvalue weighted by atomic mass is 16.6. The van der Waals surface area contributed by atoms with Crippen LogP contribution in [0.2, 0.25) is 0 Å². The van der Waals surface area contributed by atoms with Crippen LogP contribution in [0.3, 0.4) is 0 Å². The van der Waals surface area contributed by atoms with Crippen LogP contribution in [0.15, 0.2) is 0 Å². The number of hydrogen-bond donors (Lipinski definition) is 2. The number of carbonyl (C=O) groups excluding carboxylic acids is 2. The molecule has 146 valence electrons. The summed E-state index contributed by atoms with van der Waals surface area (Å²) in [6.45, 7) is 7.32. The van der Waals surface area contributed by atoms with Crippen LogP contribution in [0.1, 0.15) is 65.7 Å². The number of nitriles is 1. The lowest BCUT2D eigenvalue weighted by molar-refractivity contribution is -0.124. The van der Waals surface area contributed by atoms with Crippen molar-refractivity contribution in [2.24, 2.45) is 0 Å². The smallest absolute Gasteiger partial charge is 0.407 e. The molecule has 0 aromatic rings. The van der Waals surface area contributed by atoms with E-state index in [0.717, 1.165) is 58.0 Å². The summed E-state index contributed by atoms with van der Waals surface area (Å²) in [5.41, 5.74) is -1.18. The van der Waals surface area contributed by atoms with Gasteiger partial charge in [0.05, 0.1) is 12.6 Å². The average molecular weight is 364 g/mol. The summed E-state index contributed by atoms with van der Waals surface area (Å²) in [6.07, 6.45) is 5.81. The van der Waals surface area contributed by atoms with Crippen molar-refractivity contribution in [2.45, 2.75) is 82.9 Å². The molecule has 1 heterocycles. The van der Waals surface area contributed by atoms with Crippen LogP contribution in [0.5, 0.6) is 0 Å². The van der Waals surface area contributed by atoms with Gasteiger partial charge < -0.3 is 15.4 Å². The molecule has 7 nitrogen and oxygen atoms in total. The third-order valence-corrected chi connectivity index (χ3v) is 4.98. The normalized spacial score (nSPS) is 21.5. The first-order valence-electron chi connectivity index (χ1n) is 9.65. The number of piperidine rings is 1. The number of alkyl carbamates (subject to hydrolysis) is 1. The summed E-state index contributed by atoms with van der Waals surface area (Å²) in [5.74, 6) is -0.0769. The Hall–Kier alpha value is -1.81. The average Bonchev–Trinajstić information content (AvgIpc) is 2.55. The molecule has 0 atom stereocenters. The number of ether oxygens (including phenoxy) is 1. The minimum absolute atomic E-state index is 0.0768. The Morgan fingerprint density at radius 3 is 2.35 bits per heavy atom. The van der Waals surface area contributed by atoms with Gasteiger partial charge in [0.1, 0.15) is 11.1 Å². The Morgan fingerprint density at radius 2 is 1.81 bits per heavy atom. The standard InChI is InChI=1S/C19H32N4O3/c1-18(2,3)26-17(25)21-15-7-11-23(12-8-15)13-16(24)22-19(14-20)9-5-4-6-10-19/h15H,4-13H2,1-3H3,(H,21,25)(H,22,24). The summed E-state index contributed by atoms with van der Waals surface area (Å²) in [5, 5.41) is 15.3. The lowest BCUT2D eigenvalue weighted by Gasteiger charge is -2.35. The molecule has 0 radical (unpaired) electrons. The molecule has 0 bridgehead atoms. The first-order valence-corrected chi connectivity index (χ1v) is 9.65. The van der Waals surface area contributed by atoms with Gasteiger partial charge in [0.15, 0.2) is 0 Å². The predicted octanol–water partition coefficient (Wildman–Crippen LogP) is 2.32. The summed E-state index contributed by atoms with van der Waals surface area (Å²) < 4.78 is 5.28. The summed E-state index contributed by atoms with van der Waals surface area (Å²) in [4.78, 5) is 26.3. The molecule has 1 aliphatic heterocycles. The second-order valence-corrected chi connectivity index (χ2v) is 8.50. The van der Waals surface area contributed by atoms with Crippen LogP contribution in [0.25, 0.3) is 0 Å². The molecule has 1 aliphatic carbocycles. The van der Waals surface area contributed by atoms with Crippen molar-refractivity contribution < 1.29 is 14.3 Å². The molecule has 26 heavy (non-hydrogen) atoms. The van der Waals surface area contributed by atoms with E-state index < -0.39 is 11.1 Å². The van der Waals surface area contributed by atoms with Crippen molar-refractivity contribution in [1.29, 1.82) is 5.26 Å². The van der Waals surface area contributed by atoms with Crippen LogP contribution >= 0.6 is 0 Å². The zero-order valence-electron chi connectivity index (χ0n) is 16.3. The Labute approximate surface area is 156 Å². The lowest BCUT2D eigenvalue weighted by Crippen LogP contribution is -2.53. The molecule has 0 aromatic heterocycles. The highest BCUT2D eigenvalue weighted by Crippen LogP contribution is 2.27. The fourth-order valence-electron chi connectivity index (χ4n) is 3.64. The Balaban J connectivity index is 1.72. The first kappa shape index (κ1) is 20.5. The van der Waals surface area contributed by atoms with Crippen molar-refractivity contribution in [3.63, 3.8) is 0 Å². The van der Waals surface area contributed by atoms with Crippen molar-refractivity contribution in [3.05, 3.63) is 0 Å². The number of nitrogens with one attached hydrogen (secondary N) is 2. The van der Waals surface area contributed by atoms with E-state index in [0.29, 0.717) is 6.54 Å². The fraction of sp³-hybridized carbons (Fsp3) is 0.842. The number of amides is 2. The number of likely N-dealkylation sites (tertiary alicyclic amines) is 1. The molecule has 0 spiro atoms. The highest BCUT2D eigenvalue weighted by Gasteiger charge is 2.34. The molecule has 1 saturated carbocycles. The topological polar surface area (TPSA) is 94.5 Å². The second kappa shape index (κ2) is 8.72. The quantitative estimate of drug-likeness (QED) is 0.798. The number of rotatable bonds is 4.